The zero-order chi connectivity index (χ0) is 14.5. The maximum Gasteiger partial charge on any atom is 0.0703 e. The van der Waals surface area contributed by atoms with Gasteiger partial charge in [-0.25, -0.2) is 0 Å². The molecule has 0 N–H and O–H groups in total. The second kappa shape index (κ2) is 6.87. The highest BCUT2D eigenvalue weighted by molar-refractivity contribution is 5.15. The third-order valence-electron chi connectivity index (χ3n) is 3.90. The maximum absolute atomic E-state index is 5.80. The summed E-state index contributed by atoms with van der Waals surface area (Å²) in [7, 11) is 1.96. The molecule has 0 bridgehead atoms. The van der Waals surface area contributed by atoms with Gasteiger partial charge in [0.1, 0.15) is 0 Å². The molecule has 1 aliphatic heterocycles. The Bertz CT molecular complexity index is 546. The first-order valence-electron chi connectivity index (χ1n) is 7.65. The summed E-state index contributed by atoms with van der Waals surface area (Å²) in [5.41, 5.74) is 2.60. The van der Waals surface area contributed by atoms with E-state index in [-0.39, 0.29) is 0 Å². The SMILES string of the molecule is Cn1cc(CN(Cc2ccccc2)C[C@H]2CCCO2)cn1. The zero-order valence-electron chi connectivity index (χ0n) is 12.6. The Kier molecular flexibility index (Phi) is 4.68. The van der Waals surface area contributed by atoms with Crippen LogP contribution in [0.2, 0.25) is 0 Å². The highest BCUT2D eigenvalue weighted by atomic mass is 16.5. The Morgan fingerprint density at radius 3 is 2.71 bits per heavy atom. The van der Waals surface area contributed by atoms with Crippen molar-refractivity contribution in [1.29, 1.82) is 0 Å². The summed E-state index contributed by atoms with van der Waals surface area (Å²) >= 11 is 0. The number of benzene rings is 1. The van der Waals surface area contributed by atoms with Crippen LogP contribution in [0.1, 0.15) is 24.0 Å². The second-order valence-corrected chi connectivity index (χ2v) is 5.81. The lowest BCUT2D eigenvalue weighted by Gasteiger charge is -2.24. The normalized spacial score (nSPS) is 18.5. The fourth-order valence-electron chi connectivity index (χ4n) is 2.91. The molecule has 1 atom stereocenters. The Labute approximate surface area is 126 Å². The summed E-state index contributed by atoms with van der Waals surface area (Å²) in [4.78, 5) is 2.46. The lowest BCUT2D eigenvalue weighted by Crippen LogP contribution is -2.31. The largest absolute Gasteiger partial charge is 0.377 e. The van der Waals surface area contributed by atoms with Gasteiger partial charge in [-0.05, 0) is 18.4 Å². The van der Waals surface area contributed by atoms with Crippen molar-refractivity contribution >= 4 is 0 Å². The number of hydrogen-bond donors (Lipinski definition) is 0. The molecule has 2 heterocycles. The lowest BCUT2D eigenvalue weighted by molar-refractivity contribution is 0.0679. The molecule has 0 saturated carbocycles. The van der Waals surface area contributed by atoms with Crippen LogP contribution in [0.3, 0.4) is 0 Å². The third-order valence-corrected chi connectivity index (χ3v) is 3.90. The van der Waals surface area contributed by atoms with Crippen molar-refractivity contribution in [3.8, 4) is 0 Å². The number of ether oxygens (including phenoxy) is 1. The Morgan fingerprint density at radius 2 is 2.05 bits per heavy atom. The van der Waals surface area contributed by atoms with Crippen LogP contribution in [0.15, 0.2) is 42.7 Å². The van der Waals surface area contributed by atoms with Gasteiger partial charge in [-0.1, -0.05) is 30.3 Å². The fraction of sp³-hybridized carbons (Fsp3) is 0.471. The third kappa shape index (κ3) is 4.16. The molecule has 112 valence electrons. The van der Waals surface area contributed by atoms with Crippen LogP contribution in [-0.4, -0.2) is 33.9 Å². The monoisotopic (exact) mass is 285 g/mol. The first-order chi connectivity index (χ1) is 10.3. The molecule has 1 aromatic carbocycles. The van der Waals surface area contributed by atoms with Gasteiger partial charge in [-0.3, -0.25) is 9.58 Å². The summed E-state index contributed by atoms with van der Waals surface area (Å²) in [5.74, 6) is 0. The molecule has 1 saturated heterocycles. The standard InChI is InChI=1S/C17H23N3O/c1-19-11-16(10-18-19)13-20(14-17-8-5-9-21-17)12-15-6-3-2-4-7-15/h2-4,6-7,10-11,17H,5,8-9,12-14H2,1H3/t17-/m1/s1. The fourth-order valence-corrected chi connectivity index (χ4v) is 2.91. The minimum Gasteiger partial charge on any atom is -0.377 e. The molecular formula is C17H23N3O. The number of rotatable bonds is 6. The molecule has 0 aliphatic carbocycles. The Morgan fingerprint density at radius 1 is 1.24 bits per heavy atom. The molecule has 4 nitrogen and oxygen atoms in total. The minimum absolute atomic E-state index is 0.380. The molecule has 1 aromatic heterocycles. The van der Waals surface area contributed by atoms with Crippen LogP contribution in [-0.2, 0) is 24.9 Å². The topological polar surface area (TPSA) is 30.3 Å². The van der Waals surface area contributed by atoms with E-state index in [1.807, 2.05) is 17.9 Å². The highest BCUT2D eigenvalue weighted by Crippen LogP contribution is 2.17. The van der Waals surface area contributed by atoms with Crippen LogP contribution in [0.4, 0.5) is 0 Å². The van der Waals surface area contributed by atoms with Crippen molar-refractivity contribution < 1.29 is 4.74 Å². The van der Waals surface area contributed by atoms with Gasteiger partial charge in [-0.15, -0.1) is 0 Å². The number of nitrogens with zero attached hydrogens (tertiary/aromatic N) is 3. The van der Waals surface area contributed by atoms with Gasteiger partial charge in [0.25, 0.3) is 0 Å². The first kappa shape index (κ1) is 14.3. The van der Waals surface area contributed by atoms with E-state index in [4.69, 9.17) is 4.74 Å². The smallest absolute Gasteiger partial charge is 0.0703 e. The molecule has 0 radical (unpaired) electrons. The quantitative estimate of drug-likeness (QED) is 0.817. The van der Waals surface area contributed by atoms with Crippen LogP contribution in [0.5, 0.6) is 0 Å². The predicted octanol–water partition coefficient (Wildman–Crippen LogP) is 2.60. The van der Waals surface area contributed by atoms with E-state index in [1.54, 1.807) is 0 Å². The van der Waals surface area contributed by atoms with Gasteiger partial charge in [0.05, 0.1) is 12.3 Å². The molecule has 1 fully saturated rings. The molecule has 0 unspecified atom stereocenters. The minimum atomic E-state index is 0.380. The van der Waals surface area contributed by atoms with Gasteiger partial charge in [0, 0.05) is 45.0 Å². The predicted molar refractivity (Wildman–Crippen MR) is 82.7 cm³/mol. The molecule has 1 aliphatic rings. The van der Waals surface area contributed by atoms with E-state index in [1.165, 1.54) is 24.0 Å². The van der Waals surface area contributed by atoms with Gasteiger partial charge in [-0.2, -0.15) is 5.10 Å². The van der Waals surface area contributed by atoms with Crippen LogP contribution in [0.25, 0.3) is 0 Å². The van der Waals surface area contributed by atoms with Gasteiger partial charge < -0.3 is 4.74 Å². The average Bonchev–Trinajstić information content (AvgIpc) is 3.12. The molecule has 0 spiro atoms. The van der Waals surface area contributed by atoms with E-state index in [2.05, 4.69) is 46.5 Å². The molecular weight excluding hydrogens is 262 g/mol. The molecule has 2 aromatic rings. The van der Waals surface area contributed by atoms with Crippen molar-refractivity contribution in [2.75, 3.05) is 13.2 Å². The number of aromatic nitrogens is 2. The van der Waals surface area contributed by atoms with Crippen molar-refractivity contribution in [3.63, 3.8) is 0 Å². The molecule has 21 heavy (non-hydrogen) atoms. The number of aryl methyl sites for hydroxylation is 1. The zero-order valence-corrected chi connectivity index (χ0v) is 12.6. The van der Waals surface area contributed by atoms with Crippen LogP contribution < -0.4 is 0 Å². The van der Waals surface area contributed by atoms with Crippen LogP contribution in [0, 0.1) is 0 Å². The van der Waals surface area contributed by atoms with Gasteiger partial charge >= 0.3 is 0 Å². The summed E-state index contributed by atoms with van der Waals surface area (Å²) < 4.78 is 7.66. The van der Waals surface area contributed by atoms with Gasteiger partial charge in [0.2, 0.25) is 0 Å². The van der Waals surface area contributed by atoms with Crippen molar-refractivity contribution in [1.82, 2.24) is 14.7 Å². The molecule has 0 amide bonds. The van der Waals surface area contributed by atoms with E-state index < -0.39 is 0 Å². The van der Waals surface area contributed by atoms with E-state index >= 15 is 0 Å². The van der Waals surface area contributed by atoms with Crippen molar-refractivity contribution in [3.05, 3.63) is 53.9 Å². The molecule has 3 rings (SSSR count). The van der Waals surface area contributed by atoms with E-state index in [9.17, 15) is 0 Å². The average molecular weight is 285 g/mol. The highest BCUT2D eigenvalue weighted by Gasteiger charge is 2.19. The van der Waals surface area contributed by atoms with E-state index in [0.717, 1.165) is 26.2 Å². The first-order valence-corrected chi connectivity index (χ1v) is 7.65. The van der Waals surface area contributed by atoms with Crippen molar-refractivity contribution in [2.24, 2.45) is 7.05 Å². The summed E-state index contributed by atoms with van der Waals surface area (Å²) in [6, 6.07) is 10.6. The lowest BCUT2D eigenvalue weighted by atomic mass is 10.1. The summed E-state index contributed by atoms with van der Waals surface area (Å²) in [5, 5.41) is 4.27. The summed E-state index contributed by atoms with van der Waals surface area (Å²) in [6.07, 6.45) is 6.79. The second-order valence-electron chi connectivity index (χ2n) is 5.81. The number of hydrogen-bond acceptors (Lipinski definition) is 3. The van der Waals surface area contributed by atoms with Crippen molar-refractivity contribution in [2.45, 2.75) is 32.0 Å². The molecule has 4 heteroatoms. The Balaban J connectivity index is 1.67. The van der Waals surface area contributed by atoms with E-state index in [0.29, 0.717) is 6.10 Å². The summed E-state index contributed by atoms with van der Waals surface area (Å²) in [6.45, 7) is 3.78. The van der Waals surface area contributed by atoms with Crippen LogP contribution >= 0.6 is 0 Å². The Hall–Kier alpha value is -1.65. The van der Waals surface area contributed by atoms with Gasteiger partial charge in [0.15, 0.2) is 0 Å². The maximum atomic E-state index is 5.80.